The number of H-pyrrole nitrogens is 1. The number of nitrogens with one attached hydrogen (secondary N) is 2. The summed E-state index contributed by atoms with van der Waals surface area (Å²) in [7, 11) is 2.63. The van der Waals surface area contributed by atoms with E-state index >= 15 is 0 Å². The molecule has 0 fully saturated rings. The Morgan fingerprint density at radius 2 is 1.49 bits per heavy atom. The molecule has 0 radical (unpaired) electrons. The predicted octanol–water partition coefficient (Wildman–Crippen LogP) is 5.62. The van der Waals surface area contributed by atoms with E-state index in [2.05, 4.69) is 50.6 Å². The Morgan fingerprint density at radius 1 is 0.842 bits per heavy atom. The first-order valence-electron chi connectivity index (χ1n) is 16.0. The summed E-state index contributed by atoms with van der Waals surface area (Å²) in [6.45, 7) is 0. The number of hydrogen-bond donors (Lipinski definition) is 3. The van der Waals surface area contributed by atoms with Crippen LogP contribution in [0.15, 0.2) is 97.3 Å². The van der Waals surface area contributed by atoms with Crippen LogP contribution in [0.25, 0.3) is 33.7 Å². The lowest BCUT2D eigenvalue weighted by Gasteiger charge is -2.09. The summed E-state index contributed by atoms with van der Waals surface area (Å²) in [5.41, 5.74) is 7.47. The molecule has 20 nitrogen and oxygen atoms in total. The number of aromatic nitrogens is 10. The van der Waals surface area contributed by atoms with E-state index in [0.717, 1.165) is 46.3 Å². The van der Waals surface area contributed by atoms with E-state index in [1.54, 1.807) is 27.7 Å². The minimum absolute atomic E-state index is 0.0376. The van der Waals surface area contributed by atoms with Crippen LogP contribution < -0.4 is 25.2 Å². The lowest BCUT2D eigenvalue weighted by molar-refractivity contribution is -0.638. The number of methoxy groups -OCH3 is 2. The summed E-state index contributed by atoms with van der Waals surface area (Å²) >= 11 is 5.73. The van der Waals surface area contributed by atoms with Gasteiger partial charge in [0.15, 0.2) is 11.3 Å². The summed E-state index contributed by atoms with van der Waals surface area (Å²) in [6, 6.07) is 22.3. The Balaban J connectivity index is 0.000000160. The van der Waals surface area contributed by atoms with Gasteiger partial charge in [-0.05, 0) is 41.0 Å². The van der Waals surface area contributed by atoms with Gasteiger partial charge in [0.1, 0.15) is 17.0 Å². The van der Waals surface area contributed by atoms with E-state index in [1.165, 1.54) is 20.4 Å². The molecule has 23 heteroatoms. The average molecular weight is 800 g/mol. The molecule has 0 saturated carbocycles. The van der Waals surface area contributed by atoms with Crippen molar-refractivity contribution in [1.29, 1.82) is 0 Å². The van der Waals surface area contributed by atoms with Crippen LogP contribution in [0.5, 0.6) is 11.5 Å². The number of halogens is 3. The molecule has 4 N–H and O–H groups in total. The molecule has 4 aromatic heterocycles. The standard InChI is InChI=1S/C17H12FN7O3.C10H6ClN5.C7H7FN2O3/c1-28-15-8-10(18)14(25(26)27)9-12(15)20-17-19-7-6-16(21-17)24-13-5-3-2-4-11(13)22-23-24;11-10-12-6-5-9(13-10)16-8-4-2-1-3-7(8)14-15-16;1-13-7-2-4(8)6(10(11)12)3-5(7)9/h2-9H,1H3,(H,19,20,21);1-6H;2-3H,9H2,1H3/p+1. The van der Waals surface area contributed by atoms with Crippen molar-refractivity contribution in [3.8, 4) is 23.1 Å². The maximum atomic E-state index is 13.8. The highest BCUT2D eigenvalue weighted by Gasteiger charge is 2.22. The maximum Gasteiger partial charge on any atom is 0.307 e. The lowest BCUT2D eigenvalue weighted by Crippen LogP contribution is -2.34. The number of ether oxygens (including phenoxy) is 2. The number of nitro benzene ring substituents is 2. The van der Waals surface area contributed by atoms with Gasteiger partial charge in [0.25, 0.3) is 5.82 Å². The van der Waals surface area contributed by atoms with Gasteiger partial charge in [-0.25, -0.2) is 9.97 Å². The summed E-state index contributed by atoms with van der Waals surface area (Å²) in [4.78, 5) is 36.0. The van der Waals surface area contributed by atoms with Crippen molar-refractivity contribution in [2.45, 2.75) is 0 Å². The zero-order valence-electron chi connectivity index (χ0n) is 29.3. The summed E-state index contributed by atoms with van der Waals surface area (Å²) in [6.07, 6.45) is 3.10. The number of nitro groups is 2. The molecule has 4 aromatic carbocycles. The Labute approximate surface area is 322 Å². The minimum Gasteiger partial charge on any atom is -0.494 e. The van der Waals surface area contributed by atoms with Crippen LogP contribution in [0, 0.1) is 31.9 Å². The quantitative estimate of drug-likeness (QED) is 0.0554. The van der Waals surface area contributed by atoms with E-state index in [-0.39, 0.29) is 34.1 Å². The van der Waals surface area contributed by atoms with Crippen molar-refractivity contribution in [3.63, 3.8) is 0 Å². The summed E-state index contributed by atoms with van der Waals surface area (Å²) in [5, 5.41) is 39.4. The van der Waals surface area contributed by atoms with Crippen LogP contribution in [-0.2, 0) is 0 Å². The molecule has 0 saturated heterocycles. The third-order valence-electron chi connectivity index (χ3n) is 7.65. The molecule has 0 aliphatic rings. The molecule has 0 atom stereocenters. The van der Waals surface area contributed by atoms with Crippen LogP contribution >= 0.6 is 11.6 Å². The first kappa shape index (κ1) is 38.7. The number of nitrogens with zero attached hydrogens (tertiary/aromatic N) is 11. The van der Waals surface area contributed by atoms with Gasteiger partial charge in [0, 0.05) is 48.8 Å². The van der Waals surface area contributed by atoms with Crippen molar-refractivity contribution in [2.24, 2.45) is 0 Å². The Bertz CT molecular complexity index is 2750. The molecule has 0 aliphatic carbocycles. The molecule has 0 spiro atoms. The number of benzene rings is 4. The fourth-order valence-electron chi connectivity index (χ4n) is 5.04. The summed E-state index contributed by atoms with van der Waals surface area (Å²) < 4.78 is 39.8. The molecule has 0 aliphatic heterocycles. The first-order valence-corrected chi connectivity index (χ1v) is 16.4. The maximum absolute atomic E-state index is 13.8. The van der Waals surface area contributed by atoms with Crippen LogP contribution in [0.3, 0.4) is 0 Å². The molecular formula is C34H26ClF2N14O6+. The van der Waals surface area contributed by atoms with E-state index in [0.29, 0.717) is 11.6 Å². The average Bonchev–Trinajstić information content (AvgIpc) is 3.85. The van der Waals surface area contributed by atoms with Gasteiger partial charge in [0.2, 0.25) is 22.4 Å². The van der Waals surface area contributed by atoms with Crippen molar-refractivity contribution in [1.82, 2.24) is 45.2 Å². The van der Waals surface area contributed by atoms with Gasteiger partial charge in [-0.2, -0.15) is 18.4 Å². The monoisotopic (exact) mass is 799 g/mol. The van der Waals surface area contributed by atoms with E-state index < -0.39 is 32.9 Å². The molecule has 0 amide bonds. The zero-order chi connectivity index (χ0) is 40.6. The van der Waals surface area contributed by atoms with E-state index in [4.69, 9.17) is 22.1 Å². The van der Waals surface area contributed by atoms with Gasteiger partial charge < -0.3 is 20.5 Å². The molecule has 57 heavy (non-hydrogen) atoms. The number of aromatic amines is 1. The zero-order valence-corrected chi connectivity index (χ0v) is 30.1. The van der Waals surface area contributed by atoms with Crippen molar-refractivity contribution < 1.29 is 32.8 Å². The number of nitrogen functional groups attached to an aromatic ring is 1. The Kier molecular flexibility index (Phi) is 11.5. The summed E-state index contributed by atoms with van der Waals surface area (Å²) in [5.74, 6) is -0.559. The van der Waals surface area contributed by atoms with Crippen molar-refractivity contribution in [3.05, 3.63) is 134 Å². The highest BCUT2D eigenvalue weighted by atomic mass is 35.5. The van der Waals surface area contributed by atoms with Gasteiger partial charge >= 0.3 is 17.3 Å². The predicted molar refractivity (Wildman–Crippen MR) is 200 cm³/mol. The topological polar surface area (TPSA) is 258 Å². The normalized spacial score (nSPS) is 10.5. The molecule has 0 unspecified atom stereocenters. The van der Waals surface area contributed by atoms with Crippen molar-refractivity contribution in [2.75, 3.05) is 25.3 Å². The van der Waals surface area contributed by atoms with Crippen LogP contribution in [0.2, 0.25) is 5.28 Å². The second-order valence-corrected chi connectivity index (χ2v) is 11.5. The first-order chi connectivity index (χ1) is 27.5. The number of nitrogens with two attached hydrogens (primary N) is 1. The van der Waals surface area contributed by atoms with Crippen LogP contribution in [0.1, 0.15) is 0 Å². The molecule has 288 valence electrons. The van der Waals surface area contributed by atoms with Gasteiger partial charge in [-0.3, -0.25) is 20.2 Å². The number of hydrogen-bond acceptors (Lipinski definition) is 15. The SMILES string of the molecule is COc1cc(F)c([N+](=O)[O-])cc1N.COc1cc(F)c([N+](=O)[O-])cc1Nc1nccc(-[n+]2[nH]nc3ccccc32)n1.Clc1nccc(-n2nnc3ccccc32)n1. The Morgan fingerprint density at radius 3 is 2.19 bits per heavy atom. The number of fused-ring (bicyclic) bond motifs is 2. The second kappa shape index (κ2) is 17.0. The number of rotatable bonds is 8. The largest absolute Gasteiger partial charge is 0.494 e. The minimum atomic E-state index is -0.999. The van der Waals surface area contributed by atoms with Gasteiger partial charge in [0.05, 0.1) is 41.0 Å². The second-order valence-electron chi connectivity index (χ2n) is 11.1. The number of anilines is 3. The molecule has 8 rings (SSSR count). The Hall–Kier alpha value is -8.01. The van der Waals surface area contributed by atoms with Crippen LogP contribution in [0.4, 0.5) is 37.5 Å². The smallest absolute Gasteiger partial charge is 0.307 e. The van der Waals surface area contributed by atoms with E-state index in [1.807, 2.05) is 48.5 Å². The fraction of sp³-hybridized carbons (Fsp3) is 0.0588. The number of para-hydroxylation sites is 3. The van der Waals surface area contributed by atoms with Crippen LogP contribution in [-0.4, -0.2) is 69.3 Å². The highest BCUT2D eigenvalue weighted by Crippen LogP contribution is 2.33. The third kappa shape index (κ3) is 8.70. The molecular weight excluding hydrogens is 774 g/mol. The van der Waals surface area contributed by atoms with Crippen molar-refractivity contribution >= 4 is 62.4 Å². The van der Waals surface area contributed by atoms with E-state index in [9.17, 15) is 29.0 Å². The molecule has 8 aromatic rings. The van der Waals surface area contributed by atoms with Gasteiger partial charge in [-0.15, -0.1) is 15.0 Å². The molecule has 0 bridgehead atoms. The highest BCUT2D eigenvalue weighted by molar-refractivity contribution is 6.28. The fourth-order valence-corrected chi connectivity index (χ4v) is 5.19. The third-order valence-corrected chi connectivity index (χ3v) is 7.83. The van der Waals surface area contributed by atoms with Gasteiger partial charge in [-0.1, -0.05) is 34.5 Å². The molecule has 4 heterocycles. The lowest BCUT2D eigenvalue weighted by atomic mass is 10.2.